The summed E-state index contributed by atoms with van der Waals surface area (Å²) in [4.78, 5) is 33.8. The van der Waals surface area contributed by atoms with Crippen LogP contribution in [0, 0.1) is 13.8 Å². The van der Waals surface area contributed by atoms with E-state index in [0.717, 1.165) is 40.5 Å². The molecule has 5 heterocycles. The zero-order chi connectivity index (χ0) is 25.4. The molecule has 11 nitrogen and oxygen atoms in total. The van der Waals surface area contributed by atoms with Crippen LogP contribution in [0.3, 0.4) is 0 Å². The molecule has 0 aliphatic carbocycles. The Kier molecular flexibility index (Phi) is 6.56. The van der Waals surface area contributed by atoms with Gasteiger partial charge >= 0.3 is 0 Å². The quantitative estimate of drug-likeness (QED) is 0.394. The standard InChI is InChI=1S/C24H28N8O3S/c1-14-19(11-30(3)29-14)21-12-32-24(36-21)18(9-26-32)23(34)28-20-7-16(8-25-15(20)2)27-22(33)13-31-6-5-17(10-31)35-4/h7-9,11-12,17H,5-6,10,13H2,1-4H3,(H,27,33)(H,28,34). The van der Waals surface area contributed by atoms with Crippen LogP contribution in [0.5, 0.6) is 0 Å². The smallest absolute Gasteiger partial charge is 0.260 e. The predicted octanol–water partition coefficient (Wildman–Crippen LogP) is 2.72. The number of thiazole rings is 1. The van der Waals surface area contributed by atoms with Crippen molar-refractivity contribution in [2.24, 2.45) is 7.05 Å². The zero-order valence-electron chi connectivity index (χ0n) is 20.6. The van der Waals surface area contributed by atoms with Crippen molar-refractivity contribution < 1.29 is 14.3 Å². The Bertz CT molecular complexity index is 1440. The predicted molar refractivity (Wildman–Crippen MR) is 137 cm³/mol. The topological polar surface area (TPSA) is 119 Å². The zero-order valence-corrected chi connectivity index (χ0v) is 21.4. The average molecular weight is 509 g/mol. The van der Waals surface area contributed by atoms with Crippen molar-refractivity contribution in [3.63, 3.8) is 0 Å². The molecule has 1 aliphatic heterocycles. The maximum Gasteiger partial charge on any atom is 0.260 e. The first-order chi connectivity index (χ1) is 17.3. The first kappa shape index (κ1) is 24.1. The Morgan fingerprint density at radius 1 is 1.19 bits per heavy atom. The second kappa shape index (κ2) is 9.80. The summed E-state index contributed by atoms with van der Waals surface area (Å²) in [5, 5.41) is 14.6. The van der Waals surface area contributed by atoms with Gasteiger partial charge < -0.3 is 15.4 Å². The third kappa shape index (κ3) is 4.87. The van der Waals surface area contributed by atoms with Crippen molar-refractivity contribution in [2.75, 3.05) is 37.4 Å². The number of carbonyl (C=O) groups is 2. The highest BCUT2D eigenvalue weighted by atomic mass is 32.1. The molecule has 0 radical (unpaired) electrons. The minimum atomic E-state index is -0.294. The van der Waals surface area contributed by atoms with Crippen LogP contribution in [-0.4, -0.2) is 73.9 Å². The number of rotatable bonds is 7. The van der Waals surface area contributed by atoms with E-state index in [9.17, 15) is 9.59 Å². The Labute approximate surface area is 212 Å². The van der Waals surface area contributed by atoms with Crippen molar-refractivity contribution in [1.82, 2.24) is 29.3 Å². The van der Waals surface area contributed by atoms with Crippen molar-refractivity contribution in [2.45, 2.75) is 26.4 Å². The number of nitrogens with zero attached hydrogens (tertiary/aromatic N) is 6. The van der Waals surface area contributed by atoms with E-state index in [4.69, 9.17) is 4.74 Å². The number of hydrogen-bond donors (Lipinski definition) is 2. The summed E-state index contributed by atoms with van der Waals surface area (Å²) in [7, 11) is 3.57. The van der Waals surface area contributed by atoms with Gasteiger partial charge in [-0.05, 0) is 26.3 Å². The molecule has 12 heteroatoms. The lowest BCUT2D eigenvalue weighted by molar-refractivity contribution is -0.117. The lowest BCUT2D eigenvalue weighted by Crippen LogP contribution is -2.32. The highest BCUT2D eigenvalue weighted by Crippen LogP contribution is 2.32. The number of carbonyl (C=O) groups excluding carboxylic acids is 2. The summed E-state index contributed by atoms with van der Waals surface area (Å²) in [5.41, 5.74) is 4.08. The van der Waals surface area contributed by atoms with Gasteiger partial charge in [0, 0.05) is 45.2 Å². The van der Waals surface area contributed by atoms with E-state index in [-0.39, 0.29) is 24.5 Å². The molecule has 1 saturated heterocycles. The van der Waals surface area contributed by atoms with Crippen LogP contribution < -0.4 is 10.6 Å². The molecule has 2 amide bonds. The molecule has 5 rings (SSSR count). The number of ether oxygens (including phenoxy) is 1. The fraction of sp³-hybridized carbons (Fsp3) is 0.375. The molecular formula is C24H28N8O3S. The molecule has 1 fully saturated rings. The van der Waals surface area contributed by atoms with Gasteiger partial charge in [-0.1, -0.05) is 0 Å². The normalized spacial score (nSPS) is 16.1. The van der Waals surface area contributed by atoms with Crippen LogP contribution in [0.25, 0.3) is 15.3 Å². The van der Waals surface area contributed by atoms with Gasteiger partial charge in [0.15, 0.2) is 0 Å². The van der Waals surface area contributed by atoms with Gasteiger partial charge in [0.2, 0.25) is 5.91 Å². The third-order valence-corrected chi connectivity index (χ3v) is 7.41. The maximum absolute atomic E-state index is 13.2. The van der Waals surface area contributed by atoms with Gasteiger partial charge in [0.1, 0.15) is 4.83 Å². The summed E-state index contributed by atoms with van der Waals surface area (Å²) >= 11 is 1.48. The van der Waals surface area contributed by atoms with Crippen molar-refractivity contribution >= 4 is 39.4 Å². The minimum Gasteiger partial charge on any atom is -0.380 e. The highest BCUT2D eigenvalue weighted by molar-refractivity contribution is 7.21. The fourth-order valence-corrected chi connectivity index (χ4v) is 5.48. The van der Waals surface area contributed by atoms with E-state index in [0.29, 0.717) is 22.6 Å². The third-order valence-electron chi connectivity index (χ3n) is 6.27. The lowest BCUT2D eigenvalue weighted by Gasteiger charge is -2.15. The second-order valence-corrected chi connectivity index (χ2v) is 9.98. The van der Waals surface area contributed by atoms with E-state index in [1.54, 1.807) is 41.7 Å². The van der Waals surface area contributed by atoms with Gasteiger partial charge in [0.05, 0.1) is 58.2 Å². The summed E-state index contributed by atoms with van der Waals surface area (Å²) < 4.78 is 8.83. The number of nitrogens with one attached hydrogen (secondary N) is 2. The molecule has 0 bridgehead atoms. The molecule has 188 valence electrons. The second-order valence-electron chi connectivity index (χ2n) is 8.95. The van der Waals surface area contributed by atoms with Crippen molar-refractivity contribution in [3.8, 4) is 10.4 Å². The average Bonchev–Trinajstić information content (AvgIpc) is 3.60. The molecule has 36 heavy (non-hydrogen) atoms. The number of pyridine rings is 1. The van der Waals surface area contributed by atoms with Crippen LogP contribution in [0.1, 0.15) is 28.2 Å². The molecule has 1 atom stereocenters. The summed E-state index contributed by atoms with van der Waals surface area (Å²) in [6.45, 7) is 5.60. The molecule has 0 saturated carbocycles. The number of aromatic nitrogens is 5. The minimum absolute atomic E-state index is 0.134. The van der Waals surface area contributed by atoms with E-state index in [2.05, 4.69) is 30.7 Å². The van der Waals surface area contributed by atoms with Crippen molar-refractivity contribution in [3.05, 3.63) is 47.8 Å². The number of likely N-dealkylation sites (tertiary alicyclic amines) is 1. The Hall–Kier alpha value is -3.61. The molecule has 4 aromatic rings. The molecule has 2 N–H and O–H groups in total. The number of hydrogen-bond acceptors (Lipinski definition) is 8. The first-order valence-electron chi connectivity index (χ1n) is 11.6. The largest absolute Gasteiger partial charge is 0.380 e. The van der Waals surface area contributed by atoms with Gasteiger partial charge in [-0.25, -0.2) is 4.52 Å². The van der Waals surface area contributed by atoms with E-state index < -0.39 is 0 Å². The van der Waals surface area contributed by atoms with E-state index in [1.807, 2.05) is 26.4 Å². The van der Waals surface area contributed by atoms with Crippen LogP contribution >= 0.6 is 11.3 Å². The van der Waals surface area contributed by atoms with E-state index in [1.165, 1.54) is 11.3 Å². The Balaban J connectivity index is 1.29. The van der Waals surface area contributed by atoms with Crippen LogP contribution in [0.15, 0.2) is 30.9 Å². The highest BCUT2D eigenvalue weighted by Gasteiger charge is 2.24. The lowest BCUT2D eigenvalue weighted by atomic mass is 10.2. The number of methoxy groups -OCH3 is 1. The first-order valence-corrected chi connectivity index (χ1v) is 12.4. The monoisotopic (exact) mass is 508 g/mol. The molecule has 0 aromatic carbocycles. The summed E-state index contributed by atoms with van der Waals surface area (Å²) in [6.07, 6.45) is 8.09. The summed E-state index contributed by atoms with van der Waals surface area (Å²) in [6, 6.07) is 1.72. The summed E-state index contributed by atoms with van der Waals surface area (Å²) in [5.74, 6) is -0.429. The van der Waals surface area contributed by atoms with E-state index >= 15 is 0 Å². The molecule has 1 unspecified atom stereocenters. The van der Waals surface area contributed by atoms with Gasteiger partial charge in [-0.15, -0.1) is 11.3 Å². The fourth-order valence-electron chi connectivity index (χ4n) is 4.36. The molecule has 0 spiro atoms. The maximum atomic E-state index is 13.2. The Morgan fingerprint density at radius 3 is 2.75 bits per heavy atom. The van der Waals surface area contributed by atoms with Crippen LogP contribution in [0.2, 0.25) is 0 Å². The van der Waals surface area contributed by atoms with Gasteiger partial charge in [0.25, 0.3) is 5.91 Å². The van der Waals surface area contributed by atoms with Crippen LogP contribution in [-0.2, 0) is 16.6 Å². The number of fused-ring (bicyclic) bond motifs is 1. The number of amides is 2. The van der Waals surface area contributed by atoms with Crippen LogP contribution in [0.4, 0.5) is 11.4 Å². The Morgan fingerprint density at radius 2 is 2.03 bits per heavy atom. The molecule has 4 aromatic heterocycles. The van der Waals surface area contributed by atoms with Gasteiger partial charge in [-0.3, -0.25) is 24.2 Å². The number of anilines is 2. The van der Waals surface area contributed by atoms with Gasteiger partial charge in [-0.2, -0.15) is 10.2 Å². The van der Waals surface area contributed by atoms with Crippen molar-refractivity contribution in [1.29, 1.82) is 0 Å². The molecule has 1 aliphatic rings. The number of aryl methyl sites for hydroxylation is 3. The molecular weight excluding hydrogens is 480 g/mol. The SMILES string of the molecule is COC1CCN(CC(=O)Nc2cnc(C)c(NC(=O)c3cnn4cc(-c5cn(C)nc5C)sc34)c2)C1.